The zero-order valence-electron chi connectivity index (χ0n) is 6.39. The number of likely N-dealkylation sites (tertiary alicyclic amines) is 1. The first-order valence-electron chi connectivity index (χ1n) is 3.62. The summed E-state index contributed by atoms with van der Waals surface area (Å²) >= 11 is 0. The Hall–Kier alpha value is -1.18. The van der Waals surface area contributed by atoms with E-state index in [1.807, 2.05) is 0 Å². The smallest absolute Gasteiger partial charge is 0.324 e. The van der Waals surface area contributed by atoms with Crippen LogP contribution in [0.1, 0.15) is 12.8 Å². The second-order valence-electron chi connectivity index (χ2n) is 2.80. The lowest BCUT2D eigenvalue weighted by Crippen LogP contribution is -2.45. The summed E-state index contributed by atoms with van der Waals surface area (Å²) in [6.07, 6.45) is 0.0721. The number of carbonyl (C=O) groups is 1. The lowest BCUT2D eigenvalue weighted by atomic mass is 10.1. The monoisotopic (exact) mass is 174 g/mol. The molecule has 0 aromatic rings. The maximum absolute atomic E-state index is 12.6. The standard InChI is InChI=1S/C7H8F2N2O/c8-7(9)2-1-3-11(5-7)6(12)4-10/h1-3,5H2. The summed E-state index contributed by atoms with van der Waals surface area (Å²) in [5, 5.41) is 8.17. The van der Waals surface area contributed by atoms with Crippen LogP contribution in [0.25, 0.3) is 0 Å². The van der Waals surface area contributed by atoms with Gasteiger partial charge in [0, 0.05) is 13.0 Å². The molecule has 1 amide bonds. The highest BCUT2D eigenvalue weighted by Crippen LogP contribution is 2.26. The Labute approximate surface area is 68.6 Å². The third-order valence-electron chi connectivity index (χ3n) is 1.78. The van der Waals surface area contributed by atoms with Gasteiger partial charge in [-0.2, -0.15) is 5.26 Å². The number of hydrogen-bond donors (Lipinski definition) is 0. The van der Waals surface area contributed by atoms with Crippen LogP contribution < -0.4 is 0 Å². The molecule has 3 nitrogen and oxygen atoms in total. The van der Waals surface area contributed by atoms with E-state index < -0.39 is 18.4 Å². The van der Waals surface area contributed by atoms with Crippen LogP contribution in [0, 0.1) is 11.3 Å². The highest BCUT2D eigenvalue weighted by Gasteiger charge is 2.36. The van der Waals surface area contributed by atoms with Gasteiger partial charge in [0.15, 0.2) is 6.07 Å². The first-order valence-corrected chi connectivity index (χ1v) is 3.62. The van der Waals surface area contributed by atoms with E-state index in [1.165, 1.54) is 6.07 Å². The van der Waals surface area contributed by atoms with E-state index in [0.29, 0.717) is 0 Å². The summed E-state index contributed by atoms with van der Waals surface area (Å²) in [4.78, 5) is 11.6. The number of halogens is 2. The molecule has 0 bridgehead atoms. The van der Waals surface area contributed by atoms with Crippen molar-refractivity contribution in [1.29, 1.82) is 5.26 Å². The molecule has 0 saturated carbocycles. The molecule has 1 aliphatic heterocycles. The van der Waals surface area contributed by atoms with E-state index >= 15 is 0 Å². The summed E-state index contributed by atoms with van der Waals surface area (Å²) in [5.74, 6) is -3.68. The third-order valence-corrected chi connectivity index (χ3v) is 1.78. The molecule has 66 valence electrons. The van der Waals surface area contributed by atoms with Crippen molar-refractivity contribution in [3.05, 3.63) is 0 Å². The molecule has 5 heteroatoms. The number of rotatable bonds is 0. The van der Waals surface area contributed by atoms with Crippen LogP contribution in [0.5, 0.6) is 0 Å². The molecule has 1 aliphatic rings. The maximum atomic E-state index is 12.6. The van der Waals surface area contributed by atoms with Crippen LogP contribution in [0.2, 0.25) is 0 Å². The lowest BCUT2D eigenvalue weighted by molar-refractivity contribution is -0.135. The van der Waals surface area contributed by atoms with Crippen LogP contribution in [0.3, 0.4) is 0 Å². The van der Waals surface area contributed by atoms with E-state index in [2.05, 4.69) is 0 Å². The number of nitriles is 1. The van der Waals surface area contributed by atoms with Gasteiger partial charge in [0.25, 0.3) is 5.92 Å². The van der Waals surface area contributed by atoms with Crippen molar-refractivity contribution < 1.29 is 13.6 Å². The molecular formula is C7H8F2N2O. The topological polar surface area (TPSA) is 44.1 Å². The van der Waals surface area contributed by atoms with Gasteiger partial charge in [0.1, 0.15) is 0 Å². The zero-order valence-corrected chi connectivity index (χ0v) is 6.39. The van der Waals surface area contributed by atoms with E-state index in [-0.39, 0.29) is 19.4 Å². The van der Waals surface area contributed by atoms with Gasteiger partial charge < -0.3 is 4.90 Å². The van der Waals surface area contributed by atoms with Crippen LogP contribution in [-0.2, 0) is 4.79 Å². The molecular weight excluding hydrogens is 166 g/mol. The number of piperidine rings is 1. The molecule has 0 unspecified atom stereocenters. The van der Waals surface area contributed by atoms with Gasteiger partial charge in [-0.3, -0.25) is 4.79 Å². The molecule has 1 saturated heterocycles. The molecule has 12 heavy (non-hydrogen) atoms. The summed E-state index contributed by atoms with van der Waals surface area (Å²) < 4.78 is 25.3. The Morgan fingerprint density at radius 2 is 2.25 bits per heavy atom. The molecule has 0 aromatic carbocycles. The SMILES string of the molecule is N#CC(=O)N1CCCC(F)(F)C1. The second-order valence-corrected chi connectivity index (χ2v) is 2.80. The lowest BCUT2D eigenvalue weighted by Gasteiger charge is -2.30. The second kappa shape index (κ2) is 3.05. The number of amides is 1. The van der Waals surface area contributed by atoms with Gasteiger partial charge in [-0.15, -0.1) is 0 Å². The zero-order chi connectivity index (χ0) is 9.19. The highest BCUT2D eigenvalue weighted by molar-refractivity contribution is 5.91. The minimum Gasteiger partial charge on any atom is -0.324 e. The largest absolute Gasteiger partial charge is 0.325 e. The molecule has 0 radical (unpaired) electrons. The highest BCUT2D eigenvalue weighted by atomic mass is 19.3. The van der Waals surface area contributed by atoms with Crippen molar-refractivity contribution in [2.24, 2.45) is 0 Å². The van der Waals surface area contributed by atoms with Crippen LogP contribution in [-0.4, -0.2) is 29.8 Å². The Balaban J connectivity index is 2.59. The fourth-order valence-electron chi connectivity index (χ4n) is 1.21. The van der Waals surface area contributed by atoms with Crippen LogP contribution in [0.4, 0.5) is 8.78 Å². The average Bonchev–Trinajstić information content (AvgIpc) is 2.01. The third kappa shape index (κ3) is 1.91. The summed E-state index contributed by atoms with van der Waals surface area (Å²) in [7, 11) is 0. The summed E-state index contributed by atoms with van der Waals surface area (Å²) in [5.41, 5.74) is 0. The molecule has 0 atom stereocenters. The van der Waals surface area contributed by atoms with Crippen molar-refractivity contribution in [2.75, 3.05) is 13.1 Å². The Morgan fingerprint density at radius 1 is 1.58 bits per heavy atom. The normalized spacial score (nSPS) is 21.6. The minimum absolute atomic E-state index is 0.192. The Bertz CT molecular complexity index is 234. The molecule has 0 N–H and O–H groups in total. The number of hydrogen-bond acceptors (Lipinski definition) is 2. The quantitative estimate of drug-likeness (QED) is 0.509. The van der Waals surface area contributed by atoms with Crippen molar-refractivity contribution in [1.82, 2.24) is 4.90 Å². The van der Waals surface area contributed by atoms with E-state index in [9.17, 15) is 13.6 Å². The average molecular weight is 174 g/mol. The van der Waals surface area contributed by atoms with Crippen LogP contribution >= 0.6 is 0 Å². The predicted molar refractivity (Wildman–Crippen MR) is 36.4 cm³/mol. The molecule has 1 rings (SSSR count). The predicted octanol–water partition coefficient (Wildman–Crippen LogP) is 0.768. The number of nitrogens with zero attached hydrogens (tertiary/aromatic N) is 2. The Kier molecular flexibility index (Phi) is 2.27. The van der Waals surface area contributed by atoms with Gasteiger partial charge >= 0.3 is 5.91 Å². The molecule has 1 heterocycles. The molecule has 0 aliphatic carbocycles. The maximum Gasteiger partial charge on any atom is 0.325 e. The molecule has 1 fully saturated rings. The summed E-state index contributed by atoms with van der Waals surface area (Å²) in [6, 6.07) is 1.33. The fourth-order valence-corrected chi connectivity index (χ4v) is 1.21. The van der Waals surface area contributed by atoms with Gasteiger partial charge in [0.2, 0.25) is 0 Å². The van der Waals surface area contributed by atoms with Gasteiger partial charge in [-0.25, -0.2) is 8.78 Å². The Morgan fingerprint density at radius 3 is 2.75 bits per heavy atom. The first-order chi connectivity index (χ1) is 5.55. The van der Waals surface area contributed by atoms with E-state index in [4.69, 9.17) is 5.26 Å². The minimum atomic E-state index is -2.81. The van der Waals surface area contributed by atoms with Gasteiger partial charge in [0.05, 0.1) is 6.54 Å². The molecule has 0 spiro atoms. The number of alkyl halides is 2. The van der Waals surface area contributed by atoms with Crippen molar-refractivity contribution in [3.8, 4) is 6.07 Å². The summed E-state index contributed by atoms with van der Waals surface area (Å²) in [6.45, 7) is -0.346. The molecule has 0 aromatic heterocycles. The van der Waals surface area contributed by atoms with Gasteiger partial charge in [-0.1, -0.05) is 0 Å². The van der Waals surface area contributed by atoms with Crippen LogP contribution in [0.15, 0.2) is 0 Å². The number of carbonyl (C=O) groups excluding carboxylic acids is 1. The van der Waals surface area contributed by atoms with Gasteiger partial charge in [-0.05, 0) is 6.42 Å². The van der Waals surface area contributed by atoms with Crippen molar-refractivity contribution in [3.63, 3.8) is 0 Å². The first kappa shape index (κ1) is 8.91. The van der Waals surface area contributed by atoms with Crippen molar-refractivity contribution in [2.45, 2.75) is 18.8 Å². The van der Waals surface area contributed by atoms with E-state index in [1.54, 1.807) is 0 Å². The van der Waals surface area contributed by atoms with Crippen molar-refractivity contribution >= 4 is 5.91 Å². The van der Waals surface area contributed by atoms with E-state index in [0.717, 1.165) is 4.90 Å². The fraction of sp³-hybridized carbons (Fsp3) is 0.714.